The van der Waals surface area contributed by atoms with Crippen LogP contribution in [0, 0.1) is 13.8 Å². The highest BCUT2D eigenvalue weighted by atomic mass is 32.1. The van der Waals surface area contributed by atoms with Gasteiger partial charge in [-0.15, -0.1) is 11.3 Å². The molecule has 128 valence electrons. The Labute approximate surface area is 153 Å². The molecule has 0 N–H and O–H groups in total. The molecule has 0 aliphatic rings. The molecule has 0 spiro atoms. The summed E-state index contributed by atoms with van der Waals surface area (Å²) in [6.45, 7) is 5.33. The van der Waals surface area contributed by atoms with Crippen molar-refractivity contribution in [1.29, 1.82) is 0 Å². The lowest BCUT2D eigenvalue weighted by Gasteiger charge is -2.23. The molecule has 3 nitrogen and oxygen atoms in total. The standard InChI is InChI=1S/C21H22N2OS/c1-16-11-17(2)13-19(12-16)21(24)23(9-7-20-6-4-10-25-20)15-18-5-3-8-22-14-18/h3-6,8,10-14H,7,9,15H2,1-2H3. The van der Waals surface area contributed by atoms with Crippen molar-refractivity contribution in [1.82, 2.24) is 9.88 Å². The van der Waals surface area contributed by atoms with E-state index in [4.69, 9.17) is 0 Å². The zero-order valence-corrected chi connectivity index (χ0v) is 15.4. The van der Waals surface area contributed by atoms with Crippen LogP contribution in [0.15, 0.2) is 60.2 Å². The minimum absolute atomic E-state index is 0.0761. The number of rotatable bonds is 6. The molecule has 25 heavy (non-hydrogen) atoms. The van der Waals surface area contributed by atoms with Crippen LogP contribution in [0.2, 0.25) is 0 Å². The average Bonchev–Trinajstić information content (AvgIpc) is 3.11. The van der Waals surface area contributed by atoms with E-state index in [0.29, 0.717) is 13.1 Å². The molecule has 1 amide bonds. The topological polar surface area (TPSA) is 33.2 Å². The van der Waals surface area contributed by atoms with Crippen LogP contribution in [0.5, 0.6) is 0 Å². The Hall–Kier alpha value is -2.46. The molecule has 0 aliphatic carbocycles. The highest BCUT2D eigenvalue weighted by Crippen LogP contribution is 2.16. The van der Waals surface area contributed by atoms with Crippen molar-refractivity contribution in [2.75, 3.05) is 6.54 Å². The summed E-state index contributed by atoms with van der Waals surface area (Å²) in [5.41, 5.74) is 4.03. The number of thiophene rings is 1. The van der Waals surface area contributed by atoms with Crippen LogP contribution in [0.25, 0.3) is 0 Å². The second-order valence-corrected chi connectivity index (χ2v) is 7.33. The van der Waals surface area contributed by atoms with Gasteiger partial charge in [0.2, 0.25) is 0 Å². The van der Waals surface area contributed by atoms with Gasteiger partial charge in [0, 0.05) is 35.9 Å². The Morgan fingerprint density at radius 1 is 1.12 bits per heavy atom. The van der Waals surface area contributed by atoms with Gasteiger partial charge in [-0.1, -0.05) is 29.3 Å². The highest BCUT2D eigenvalue weighted by Gasteiger charge is 2.17. The van der Waals surface area contributed by atoms with Crippen LogP contribution in [0.3, 0.4) is 0 Å². The van der Waals surface area contributed by atoms with Crippen LogP contribution >= 0.6 is 11.3 Å². The van der Waals surface area contributed by atoms with Gasteiger partial charge >= 0.3 is 0 Å². The van der Waals surface area contributed by atoms with Crippen LogP contribution < -0.4 is 0 Å². The maximum Gasteiger partial charge on any atom is 0.254 e. The predicted molar refractivity (Wildman–Crippen MR) is 103 cm³/mol. The van der Waals surface area contributed by atoms with E-state index in [1.165, 1.54) is 4.88 Å². The van der Waals surface area contributed by atoms with Crippen molar-refractivity contribution in [3.8, 4) is 0 Å². The second kappa shape index (κ2) is 8.08. The molecular weight excluding hydrogens is 328 g/mol. The first-order valence-electron chi connectivity index (χ1n) is 8.40. The second-order valence-electron chi connectivity index (χ2n) is 6.29. The first kappa shape index (κ1) is 17.4. The van der Waals surface area contributed by atoms with Gasteiger partial charge in [0.05, 0.1) is 0 Å². The summed E-state index contributed by atoms with van der Waals surface area (Å²) in [5, 5.41) is 2.08. The molecule has 1 aromatic carbocycles. The minimum atomic E-state index is 0.0761. The molecule has 0 saturated heterocycles. The van der Waals surface area contributed by atoms with Gasteiger partial charge in [0.1, 0.15) is 0 Å². The lowest BCUT2D eigenvalue weighted by Crippen LogP contribution is -2.32. The molecule has 0 aliphatic heterocycles. The average molecular weight is 350 g/mol. The molecule has 0 unspecified atom stereocenters. The highest BCUT2D eigenvalue weighted by molar-refractivity contribution is 7.09. The van der Waals surface area contributed by atoms with E-state index in [1.54, 1.807) is 17.5 Å². The van der Waals surface area contributed by atoms with E-state index >= 15 is 0 Å². The molecular formula is C21H22N2OS. The van der Waals surface area contributed by atoms with Crippen molar-refractivity contribution in [3.63, 3.8) is 0 Å². The Morgan fingerprint density at radius 3 is 2.56 bits per heavy atom. The molecule has 0 bridgehead atoms. The van der Waals surface area contributed by atoms with Gasteiger partial charge in [0.15, 0.2) is 0 Å². The lowest BCUT2D eigenvalue weighted by atomic mass is 10.1. The van der Waals surface area contributed by atoms with Crippen molar-refractivity contribution in [2.24, 2.45) is 0 Å². The Balaban J connectivity index is 1.82. The number of aromatic nitrogens is 1. The normalized spacial score (nSPS) is 10.6. The number of pyridine rings is 1. The zero-order valence-electron chi connectivity index (χ0n) is 14.6. The number of hydrogen-bond acceptors (Lipinski definition) is 3. The van der Waals surface area contributed by atoms with E-state index in [1.807, 2.05) is 49.2 Å². The zero-order chi connectivity index (χ0) is 17.6. The third-order valence-corrected chi connectivity index (χ3v) is 5.00. The SMILES string of the molecule is Cc1cc(C)cc(C(=O)N(CCc2cccs2)Cc2cccnc2)c1. The summed E-state index contributed by atoms with van der Waals surface area (Å²) < 4.78 is 0. The number of amides is 1. The fraction of sp³-hybridized carbons (Fsp3) is 0.238. The van der Waals surface area contributed by atoms with Crippen LogP contribution in [-0.2, 0) is 13.0 Å². The molecule has 2 heterocycles. The van der Waals surface area contributed by atoms with Crippen molar-refractivity contribution in [2.45, 2.75) is 26.8 Å². The van der Waals surface area contributed by atoms with Gasteiger partial charge in [-0.2, -0.15) is 0 Å². The molecule has 0 saturated carbocycles. The number of hydrogen-bond donors (Lipinski definition) is 0. The van der Waals surface area contributed by atoms with Gasteiger partial charge in [-0.3, -0.25) is 9.78 Å². The number of benzene rings is 1. The van der Waals surface area contributed by atoms with Gasteiger partial charge in [-0.25, -0.2) is 0 Å². The van der Waals surface area contributed by atoms with Crippen molar-refractivity contribution in [3.05, 3.63) is 87.4 Å². The van der Waals surface area contributed by atoms with E-state index in [-0.39, 0.29) is 5.91 Å². The number of carbonyl (C=O) groups excluding carboxylic acids is 1. The van der Waals surface area contributed by atoms with E-state index in [9.17, 15) is 4.79 Å². The largest absolute Gasteiger partial charge is 0.334 e. The molecule has 0 atom stereocenters. The van der Waals surface area contributed by atoms with E-state index in [0.717, 1.165) is 28.7 Å². The third-order valence-electron chi connectivity index (χ3n) is 4.06. The van der Waals surface area contributed by atoms with Crippen LogP contribution in [-0.4, -0.2) is 22.3 Å². The summed E-state index contributed by atoms with van der Waals surface area (Å²) in [6, 6.07) is 14.1. The summed E-state index contributed by atoms with van der Waals surface area (Å²) in [4.78, 5) is 20.5. The van der Waals surface area contributed by atoms with E-state index < -0.39 is 0 Å². The molecule has 3 rings (SSSR count). The molecule has 0 fully saturated rings. The summed E-state index contributed by atoms with van der Waals surface area (Å²) in [5.74, 6) is 0.0761. The first-order chi connectivity index (χ1) is 12.1. The Kier molecular flexibility index (Phi) is 5.61. The summed E-state index contributed by atoms with van der Waals surface area (Å²) in [6.07, 6.45) is 4.45. The molecule has 3 aromatic rings. The smallest absolute Gasteiger partial charge is 0.254 e. The number of carbonyl (C=O) groups is 1. The van der Waals surface area contributed by atoms with Crippen molar-refractivity contribution < 1.29 is 4.79 Å². The predicted octanol–water partition coefficient (Wildman–Crippen LogP) is 4.65. The van der Waals surface area contributed by atoms with Gasteiger partial charge < -0.3 is 4.90 Å². The molecule has 0 radical (unpaired) electrons. The van der Waals surface area contributed by atoms with Crippen molar-refractivity contribution >= 4 is 17.2 Å². The Bertz CT molecular complexity index is 808. The maximum atomic E-state index is 13.1. The number of nitrogens with zero attached hydrogens (tertiary/aromatic N) is 2. The van der Waals surface area contributed by atoms with E-state index in [2.05, 4.69) is 28.6 Å². The minimum Gasteiger partial charge on any atom is -0.334 e. The van der Waals surface area contributed by atoms with Crippen LogP contribution in [0.4, 0.5) is 0 Å². The third kappa shape index (κ3) is 4.77. The van der Waals surface area contributed by atoms with Gasteiger partial charge in [-0.05, 0) is 55.5 Å². The van der Waals surface area contributed by atoms with Crippen LogP contribution in [0.1, 0.15) is 31.9 Å². The number of aryl methyl sites for hydroxylation is 2. The first-order valence-corrected chi connectivity index (χ1v) is 9.28. The lowest BCUT2D eigenvalue weighted by molar-refractivity contribution is 0.0745. The maximum absolute atomic E-state index is 13.1. The van der Waals surface area contributed by atoms with Gasteiger partial charge in [0.25, 0.3) is 5.91 Å². The summed E-state index contributed by atoms with van der Waals surface area (Å²) in [7, 11) is 0. The fourth-order valence-corrected chi connectivity index (χ4v) is 3.64. The fourth-order valence-electron chi connectivity index (χ4n) is 2.95. The molecule has 2 aromatic heterocycles. The monoisotopic (exact) mass is 350 g/mol. The quantitative estimate of drug-likeness (QED) is 0.648. The molecule has 4 heteroatoms. The Morgan fingerprint density at radius 2 is 1.92 bits per heavy atom. The summed E-state index contributed by atoms with van der Waals surface area (Å²) >= 11 is 1.73.